The van der Waals surface area contributed by atoms with Crippen molar-refractivity contribution >= 4 is 11.9 Å². The van der Waals surface area contributed by atoms with Gasteiger partial charge in [0.2, 0.25) is 0 Å². The third kappa shape index (κ3) is 5.24. The van der Waals surface area contributed by atoms with E-state index in [0.29, 0.717) is 41.8 Å². The number of rotatable bonds is 9. The van der Waals surface area contributed by atoms with E-state index in [4.69, 9.17) is 14.2 Å². The van der Waals surface area contributed by atoms with Crippen molar-refractivity contribution in [1.29, 1.82) is 0 Å². The predicted octanol–water partition coefficient (Wildman–Crippen LogP) is 5.29. The van der Waals surface area contributed by atoms with Gasteiger partial charge in [0.05, 0.1) is 24.5 Å². The first-order valence-corrected chi connectivity index (χ1v) is 8.59. The Hall–Kier alpha value is -3.01. The summed E-state index contributed by atoms with van der Waals surface area (Å²) in [6, 6.07) is 12.5. The van der Waals surface area contributed by atoms with Crippen LogP contribution in [0.2, 0.25) is 0 Å². The van der Waals surface area contributed by atoms with Gasteiger partial charge in [-0.05, 0) is 69.3 Å². The number of ketones is 1. The number of hydrogen-bond donors (Lipinski definition) is 0. The van der Waals surface area contributed by atoms with Crippen LogP contribution in [0.3, 0.4) is 0 Å². The molecule has 4 heteroatoms. The van der Waals surface area contributed by atoms with Crippen LogP contribution < -0.4 is 14.2 Å². The topological polar surface area (TPSA) is 44.8 Å². The van der Waals surface area contributed by atoms with Crippen LogP contribution in [-0.2, 0) is 0 Å². The predicted molar refractivity (Wildman–Crippen MR) is 104 cm³/mol. The summed E-state index contributed by atoms with van der Waals surface area (Å²) in [5.74, 6) is 2.51. The Balaban J connectivity index is 2.22. The molecule has 0 aliphatic carbocycles. The molecule has 4 nitrogen and oxygen atoms in total. The number of ether oxygens (including phenoxy) is 3. The van der Waals surface area contributed by atoms with Gasteiger partial charge in [-0.3, -0.25) is 4.79 Å². The van der Waals surface area contributed by atoms with Crippen LogP contribution >= 0.6 is 0 Å². The second kappa shape index (κ2) is 9.47. The number of carbonyl (C=O) groups excluding carboxylic acids is 1. The van der Waals surface area contributed by atoms with E-state index in [2.05, 4.69) is 6.58 Å². The molecule has 0 aliphatic rings. The van der Waals surface area contributed by atoms with Crippen LogP contribution in [-0.4, -0.2) is 19.0 Å². The zero-order chi connectivity index (χ0) is 18.9. The molecule has 2 aromatic rings. The first-order valence-electron chi connectivity index (χ1n) is 8.59. The Bertz CT molecular complexity index is 764. The molecule has 2 rings (SSSR count). The molecule has 0 aliphatic heterocycles. The van der Waals surface area contributed by atoms with Crippen molar-refractivity contribution in [3.8, 4) is 17.2 Å². The Morgan fingerprint density at radius 2 is 1.58 bits per heavy atom. The molecule has 0 bridgehead atoms. The third-order valence-corrected chi connectivity index (χ3v) is 3.46. The molecular weight excluding hydrogens is 328 g/mol. The highest BCUT2D eigenvalue weighted by molar-refractivity contribution is 6.07. The first kappa shape index (κ1) is 19.3. The zero-order valence-corrected chi connectivity index (χ0v) is 15.5. The van der Waals surface area contributed by atoms with Gasteiger partial charge in [0.1, 0.15) is 17.2 Å². The second-order valence-electron chi connectivity index (χ2n) is 5.56. The zero-order valence-electron chi connectivity index (χ0n) is 15.5. The summed E-state index contributed by atoms with van der Waals surface area (Å²) in [4.78, 5) is 12.5. The minimum absolute atomic E-state index is 0.111. The Morgan fingerprint density at radius 1 is 1.00 bits per heavy atom. The van der Waals surface area contributed by atoms with Gasteiger partial charge >= 0.3 is 0 Å². The van der Waals surface area contributed by atoms with Crippen molar-refractivity contribution in [2.24, 2.45) is 0 Å². The molecule has 0 radical (unpaired) electrons. The second-order valence-corrected chi connectivity index (χ2v) is 5.56. The SMILES string of the molecule is C=C(C)Oc1ccc(C(=O)/C=C/c2c(OCC)cccc2OCC)cc1. The van der Waals surface area contributed by atoms with Crippen molar-refractivity contribution < 1.29 is 19.0 Å². The molecule has 0 saturated heterocycles. The van der Waals surface area contributed by atoms with E-state index >= 15 is 0 Å². The quantitative estimate of drug-likeness (QED) is 0.349. The van der Waals surface area contributed by atoms with E-state index < -0.39 is 0 Å². The molecular formula is C22H24O4. The molecule has 0 aromatic heterocycles. The summed E-state index contributed by atoms with van der Waals surface area (Å²) in [7, 11) is 0. The fourth-order valence-corrected chi connectivity index (χ4v) is 2.39. The van der Waals surface area contributed by atoms with Crippen LogP contribution in [0.15, 0.2) is 60.9 Å². The molecule has 2 aromatic carbocycles. The highest BCUT2D eigenvalue weighted by Gasteiger charge is 2.09. The van der Waals surface area contributed by atoms with Crippen LogP contribution in [0, 0.1) is 0 Å². The van der Waals surface area contributed by atoms with E-state index in [1.54, 1.807) is 37.3 Å². The lowest BCUT2D eigenvalue weighted by Crippen LogP contribution is -1.99. The van der Waals surface area contributed by atoms with Gasteiger partial charge in [0.25, 0.3) is 0 Å². The standard InChI is InChI=1S/C22H24O4/c1-5-24-21-8-7-9-22(25-6-2)19(21)14-15-20(23)17-10-12-18(13-11-17)26-16(3)4/h7-15H,3,5-6H2,1-2,4H3/b15-14+. The van der Waals surface area contributed by atoms with Gasteiger partial charge in [0, 0.05) is 5.56 Å². The van der Waals surface area contributed by atoms with E-state index in [1.807, 2.05) is 32.0 Å². The lowest BCUT2D eigenvalue weighted by molar-refractivity contribution is 0.104. The summed E-state index contributed by atoms with van der Waals surface area (Å²) >= 11 is 0. The van der Waals surface area contributed by atoms with Crippen LogP contribution in [0.4, 0.5) is 0 Å². The van der Waals surface area contributed by atoms with Gasteiger partial charge in [0.15, 0.2) is 5.78 Å². The molecule has 0 heterocycles. The van der Waals surface area contributed by atoms with Gasteiger partial charge in [-0.25, -0.2) is 0 Å². The normalized spacial score (nSPS) is 10.6. The van der Waals surface area contributed by atoms with Crippen LogP contribution in [0.5, 0.6) is 17.2 Å². The smallest absolute Gasteiger partial charge is 0.185 e. The maximum atomic E-state index is 12.5. The monoisotopic (exact) mass is 352 g/mol. The van der Waals surface area contributed by atoms with Gasteiger partial charge < -0.3 is 14.2 Å². The van der Waals surface area contributed by atoms with E-state index in [9.17, 15) is 4.79 Å². The lowest BCUT2D eigenvalue weighted by atomic mass is 10.1. The van der Waals surface area contributed by atoms with E-state index in [0.717, 1.165) is 5.56 Å². The Morgan fingerprint density at radius 3 is 2.08 bits per heavy atom. The first-order chi connectivity index (χ1) is 12.5. The molecule has 136 valence electrons. The highest BCUT2D eigenvalue weighted by Crippen LogP contribution is 2.30. The van der Waals surface area contributed by atoms with Crippen molar-refractivity contribution in [2.75, 3.05) is 13.2 Å². The maximum Gasteiger partial charge on any atom is 0.185 e. The molecule has 0 fully saturated rings. The Labute approximate surface area is 154 Å². The molecule has 0 N–H and O–H groups in total. The van der Waals surface area contributed by atoms with Crippen molar-refractivity contribution in [2.45, 2.75) is 20.8 Å². The molecule has 26 heavy (non-hydrogen) atoms. The maximum absolute atomic E-state index is 12.5. The fraction of sp³-hybridized carbons (Fsp3) is 0.227. The molecule has 0 atom stereocenters. The molecule has 0 unspecified atom stereocenters. The van der Waals surface area contributed by atoms with Gasteiger partial charge in [-0.1, -0.05) is 12.6 Å². The summed E-state index contributed by atoms with van der Waals surface area (Å²) in [5.41, 5.74) is 1.33. The third-order valence-electron chi connectivity index (χ3n) is 3.46. The van der Waals surface area contributed by atoms with Gasteiger partial charge in [-0.15, -0.1) is 0 Å². The lowest BCUT2D eigenvalue weighted by Gasteiger charge is -2.12. The average molecular weight is 352 g/mol. The number of allylic oxidation sites excluding steroid dienone is 2. The van der Waals surface area contributed by atoms with E-state index in [-0.39, 0.29) is 5.78 Å². The Kier molecular flexibility index (Phi) is 7.03. The summed E-state index contributed by atoms with van der Waals surface area (Å²) in [5, 5.41) is 0. The highest BCUT2D eigenvalue weighted by atomic mass is 16.5. The van der Waals surface area contributed by atoms with Crippen molar-refractivity contribution in [3.05, 3.63) is 72.0 Å². The minimum Gasteiger partial charge on any atom is -0.493 e. The summed E-state index contributed by atoms with van der Waals surface area (Å²) in [6.07, 6.45) is 3.26. The number of hydrogen-bond acceptors (Lipinski definition) is 4. The largest absolute Gasteiger partial charge is 0.493 e. The minimum atomic E-state index is -0.111. The molecule has 0 saturated carbocycles. The molecule has 0 spiro atoms. The van der Waals surface area contributed by atoms with Gasteiger partial charge in [-0.2, -0.15) is 0 Å². The molecule has 0 amide bonds. The number of carbonyl (C=O) groups is 1. The average Bonchev–Trinajstić information content (AvgIpc) is 2.61. The number of benzene rings is 2. The summed E-state index contributed by atoms with van der Waals surface area (Å²) < 4.78 is 16.7. The van der Waals surface area contributed by atoms with Crippen molar-refractivity contribution in [1.82, 2.24) is 0 Å². The van der Waals surface area contributed by atoms with Crippen LogP contribution in [0.25, 0.3) is 6.08 Å². The van der Waals surface area contributed by atoms with E-state index in [1.165, 1.54) is 6.08 Å². The fourth-order valence-electron chi connectivity index (χ4n) is 2.39. The van der Waals surface area contributed by atoms with Crippen LogP contribution in [0.1, 0.15) is 36.7 Å². The van der Waals surface area contributed by atoms with Crippen molar-refractivity contribution in [3.63, 3.8) is 0 Å². The summed E-state index contributed by atoms with van der Waals surface area (Å²) in [6.45, 7) is 10.4.